The standard InChI is InChI=1S/C17H14ClN5O3/c18-12-6-11(24)3-4-13(12)21-15-7-14(10-2-1-5-19-8-10)22-17(23-15)20-9-16(25)26/h1-8,24H,9H2,(H,25,26)(H2,20,21,22,23). The van der Waals surface area contributed by atoms with E-state index in [2.05, 4.69) is 25.6 Å². The number of carboxylic acids is 1. The number of nitrogens with zero attached hydrogens (tertiary/aromatic N) is 3. The zero-order valence-electron chi connectivity index (χ0n) is 13.3. The molecule has 0 amide bonds. The van der Waals surface area contributed by atoms with Gasteiger partial charge in [-0.05, 0) is 24.3 Å². The maximum atomic E-state index is 10.8. The molecule has 0 fully saturated rings. The van der Waals surface area contributed by atoms with E-state index in [-0.39, 0.29) is 18.2 Å². The van der Waals surface area contributed by atoms with Crippen LogP contribution in [0.3, 0.4) is 0 Å². The fourth-order valence-corrected chi connectivity index (χ4v) is 2.37. The lowest BCUT2D eigenvalue weighted by Crippen LogP contribution is -2.15. The van der Waals surface area contributed by atoms with Gasteiger partial charge >= 0.3 is 5.97 Å². The third-order valence-electron chi connectivity index (χ3n) is 3.30. The van der Waals surface area contributed by atoms with Gasteiger partial charge in [0.25, 0.3) is 0 Å². The summed E-state index contributed by atoms with van der Waals surface area (Å²) in [6.07, 6.45) is 3.28. The molecule has 3 aromatic rings. The number of halogens is 1. The molecule has 0 aliphatic carbocycles. The van der Waals surface area contributed by atoms with Crippen LogP contribution in [0.4, 0.5) is 17.5 Å². The first-order valence-corrected chi connectivity index (χ1v) is 7.90. The highest BCUT2D eigenvalue weighted by Gasteiger charge is 2.10. The summed E-state index contributed by atoms with van der Waals surface area (Å²) in [5.74, 6) is -0.440. The van der Waals surface area contributed by atoms with Crippen molar-refractivity contribution >= 4 is 35.0 Å². The highest BCUT2D eigenvalue weighted by molar-refractivity contribution is 6.33. The van der Waals surface area contributed by atoms with Crippen molar-refractivity contribution in [1.82, 2.24) is 15.0 Å². The summed E-state index contributed by atoms with van der Waals surface area (Å²) in [4.78, 5) is 23.4. The molecule has 26 heavy (non-hydrogen) atoms. The fraction of sp³-hybridized carbons (Fsp3) is 0.0588. The van der Waals surface area contributed by atoms with E-state index in [1.165, 1.54) is 12.1 Å². The Morgan fingerprint density at radius 1 is 1.19 bits per heavy atom. The SMILES string of the molecule is O=C(O)CNc1nc(Nc2ccc(O)cc2Cl)cc(-c2cccnc2)n1. The van der Waals surface area contributed by atoms with Crippen molar-refractivity contribution < 1.29 is 15.0 Å². The van der Waals surface area contributed by atoms with Crippen LogP contribution in [0.25, 0.3) is 11.3 Å². The van der Waals surface area contributed by atoms with Gasteiger partial charge in [-0.1, -0.05) is 11.6 Å². The Kier molecular flexibility index (Phi) is 5.14. The smallest absolute Gasteiger partial charge is 0.322 e. The Morgan fingerprint density at radius 2 is 2.04 bits per heavy atom. The van der Waals surface area contributed by atoms with E-state index in [9.17, 15) is 9.90 Å². The molecule has 0 spiro atoms. The number of phenols is 1. The quantitative estimate of drug-likeness (QED) is 0.488. The number of nitrogens with one attached hydrogen (secondary N) is 2. The van der Waals surface area contributed by atoms with Crippen LogP contribution < -0.4 is 10.6 Å². The van der Waals surface area contributed by atoms with Crippen molar-refractivity contribution in [3.8, 4) is 17.0 Å². The number of aromatic hydroxyl groups is 1. The van der Waals surface area contributed by atoms with Gasteiger partial charge in [-0.15, -0.1) is 0 Å². The van der Waals surface area contributed by atoms with E-state index in [4.69, 9.17) is 16.7 Å². The number of aromatic nitrogens is 3. The molecule has 9 heteroatoms. The zero-order chi connectivity index (χ0) is 18.5. The Labute approximate surface area is 153 Å². The predicted molar refractivity (Wildman–Crippen MR) is 97.8 cm³/mol. The van der Waals surface area contributed by atoms with Crippen LogP contribution in [0.5, 0.6) is 5.75 Å². The maximum absolute atomic E-state index is 10.8. The first kappa shape index (κ1) is 17.4. The molecule has 2 heterocycles. The van der Waals surface area contributed by atoms with E-state index < -0.39 is 5.97 Å². The maximum Gasteiger partial charge on any atom is 0.322 e. The average Bonchev–Trinajstić information content (AvgIpc) is 2.63. The summed E-state index contributed by atoms with van der Waals surface area (Å²) in [5, 5.41) is 24.3. The van der Waals surface area contributed by atoms with Crippen molar-refractivity contribution in [2.75, 3.05) is 17.2 Å². The number of aliphatic carboxylic acids is 1. The molecule has 0 unspecified atom stereocenters. The predicted octanol–water partition coefficient (Wildman–Crippen LogP) is 3.14. The van der Waals surface area contributed by atoms with Gasteiger partial charge in [-0.3, -0.25) is 9.78 Å². The van der Waals surface area contributed by atoms with Crippen LogP contribution >= 0.6 is 11.6 Å². The van der Waals surface area contributed by atoms with E-state index in [1.54, 1.807) is 30.6 Å². The first-order valence-electron chi connectivity index (χ1n) is 7.52. The Balaban J connectivity index is 1.97. The number of rotatable bonds is 6. The number of phenolic OH excluding ortho intramolecular Hbond substituents is 1. The Bertz CT molecular complexity index is 937. The molecule has 0 atom stereocenters. The molecule has 0 saturated carbocycles. The number of anilines is 3. The van der Waals surface area contributed by atoms with Crippen LogP contribution in [-0.2, 0) is 4.79 Å². The Morgan fingerprint density at radius 3 is 2.73 bits per heavy atom. The topological polar surface area (TPSA) is 120 Å². The first-order chi connectivity index (χ1) is 12.5. The summed E-state index contributed by atoms with van der Waals surface area (Å²) in [5.41, 5.74) is 1.83. The lowest BCUT2D eigenvalue weighted by Gasteiger charge is -2.12. The van der Waals surface area contributed by atoms with Crippen molar-refractivity contribution in [2.24, 2.45) is 0 Å². The summed E-state index contributed by atoms with van der Waals surface area (Å²) in [6.45, 7) is -0.324. The van der Waals surface area contributed by atoms with Crippen molar-refractivity contribution in [2.45, 2.75) is 0 Å². The lowest BCUT2D eigenvalue weighted by molar-refractivity contribution is -0.134. The van der Waals surface area contributed by atoms with E-state index in [0.29, 0.717) is 22.2 Å². The third-order valence-corrected chi connectivity index (χ3v) is 3.61. The van der Waals surface area contributed by atoms with Gasteiger partial charge in [0, 0.05) is 30.1 Å². The summed E-state index contributed by atoms with van der Waals surface area (Å²) < 4.78 is 0. The molecular formula is C17H14ClN5O3. The second kappa shape index (κ2) is 7.66. The van der Waals surface area contributed by atoms with Crippen LogP contribution in [-0.4, -0.2) is 37.7 Å². The summed E-state index contributed by atoms with van der Waals surface area (Å²) in [7, 11) is 0. The Hall–Kier alpha value is -3.39. The van der Waals surface area contributed by atoms with Gasteiger partial charge in [0.05, 0.1) is 16.4 Å². The van der Waals surface area contributed by atoms with Crippen molar-refractivity contribution in [3.05, 3.63) is 53.8 Å². The molecule has 132 valence electrons. The lowest BCUT2D eigenvalue weighted by atomic mass is 10.2. The van der Waals surface area contributed by atoms with Gasteiger partial charge in [0.15, 0.2) is 0 Å². The third kappa shape index (κ3) is 4.37. The number of hydrogen-bond donors (Lipinski definition) is 4. The van der Waals surface area contributed by atoms with Crippen LogP contribution in [0, 0.1) is 0 Å². The highest BCUT2D eigenvalue weighted by atomic mass is 35.5. The van der Waals surface area contributed by atoms with Gasteiger partial charge in [-0.2, -0.15) is 4.98 Å². The largest absolute Gasteiger partial charge is 0.508 e. The second-order valence-electron chi connectivity index (χ2n) is 5.24. The summed E-state index contributed by atoms with van der Waals surface area (Å²) >= 11 is 6.11. The molecule has 8 nitrogen and oxygen atoms in total. The molecular weight excluding hydrogens is 358 g/mol. The molecule has 0 saturated heterocycles. The van der Waals surface area contributed by atoms with E-state index in [0.717, 1.165) is 5.56 Å². The number of carbonyl (C=O) groups is 1. The zero-order valence-corrected chi connectivity index (χ0v) is 14.1. The number of hydrogen-bond acceptors (Lipinski definition) is 7. The van der Waals surface area contributed by atoms with Crippen LogP contribution in [0.15, 0.2) is 48.8 Å². The molecule has 2 aromatic heterocycles. The van der Waals surface area contributed by atoms with E-state index >= 15 is 0 Å². The fourth-order valence-electron chi connectivity index (χ4n) is 2.15. The van der Waals surface area contributed by atoms with Crippen LogP contribution in [0.1, 0.15) is 0 Å². The van der Waals surface area contributed by atoms with Gasteiger partial charge in [-0.25, -0.2) is 4.98 Å². The van der Waals surface area contributed by atoms with Crippen LogP contribution in [0.2, 0.25) is 5.02 Å². The molecule has 1 aromatic carbocycles. The van der Waals surface area contributed by atoms with Gasteiger partial charge in [0.2, 0.25) is 5.95 Å². The van der Waals surface area contributed by atoms with Gasteiger partial charge in [0.1, 0.15) is 18.1 Å². The summed E-state index contributed by atoms with van der Waals surface area (Å²) in [6, 6.07) is 9.77. The second-order valence-corrected chi connectivity index (χ2v) is 5.65. The molecule has 0 aliphatic heterocycles. The number of pyridine rings is 1. The number of carboxylic acid groups (broad SMARTS) is 1. The monoisotopic (exact) mass is 371 g/mol. The van der Waals surface area contributed by atoms with Crippen molar-refractivity contribution in [1.29, 1.82) is 0 Å². The average molecular weight is 372 g/mol. The number of benzene rings is 1. The molecule has 0 bridgehead atoms. The van der Waals surface area contributed by atoms with E-state index in [1.807, 2.05) is 6.07 Å². The normalized spacial score (nSPS) is 10.3. The minimum absolute atomic E-state index is 0.0445. The molecule has 0 radical (unpaired) electrons. The minimum Gasteiger partial charge on any atom is -0.508 e. The molecule has 4 N–H and O–H groups in total. The highest BCUT2D eigenvalue weighted by Crippen LogP contribution is 2.29. The van der Waals surface area contributed by atoms with Gasteiger partial charge < -0.3 is 20.8 Å². The minimum atomic E-state index is -1.03. The molecule has 3 rings (SSSR count). The molecule has 0 aliphatic rings. The van der Waals surface area contributed by atoms with Crippen molar-refractivity contribution in [3.63, 3.8) is 0 Å².